The van der Waals surface area contributed by atoms with E-state index in [9.17, 15) is 19.2 Å². The van der Waals surface area contributed by atoms with Crippen LogP contribution < -0.4 is 10.6 Å². The minimum atomic E-state index is -0.612. The van der Waals surface area contributed by atoms with E-state index in [0.717, 1.165) is 43.5 Å². The van der Waals surface area contributed by atoms with Crippen molar-refractivity contribution in [3.63, 3.8) is 0 Å². The third-order valence-corrected chi connectivity index (χ3v) is 6.75. The molecule has 2 heterocycles. The molecule has 1 aromatic carbocycles. The highest BCUT2D eigenvalue weighted by molar-refractivity contribution is 6.06. The first-order valence-corrected chi connectivity index (χ1v) is 11.9. The zero-order valence-corrected chi connectivity index (χ0v) is 19.6. The van der Waals surface area contributed by atoms with Crippen molar-refractivity contribution in [2.45, 2.75) is 77.5 Å². The number of piperidine rings is 1. The zero-order chi connectivity index (χ0) is 23.8. The third kappa shape index (κ3) is 5.20. The van der Waals surface area contributed by atoms with Crippen LogP contribution in [0.1, 0.15) is 75.2 Å². The van der Waals surface area contributed by atoms with Crippen molar-refractivity contribution in [3.8, 4) is 0 Å². The molecule has 1 atom stereocenters. The summed E-state index contributed by atoms with van der Waals surface area (Å²) in [5.41, 5.74) is 1.96. The van der Waals surface area contributed by atoms with Crippen molar-refractivity contribution in [2.24, 2.45) is 11.8 Å². The van der Waals surface area contributed by atoms with Gasteiger partial charge in [0.2, 0.25) is 11.8 Å². The lowest BCUT2D eigenvalue weighted by Gasteiger charge is -2.30. The second kappa shape index (κ2) is 9.15. The summed E-state index contributed by atoms with van der Waals surface area (Å²) in [6.07, 6.45) is 4.16. The molecular weight excluding hydrogens is 422 g/mol. The SMILES string of the molecule is CC(C)(C)OC(=O)C1CCC(CNc2cccc3c2CN(C2CCC(=O)NC2=O)C3=O)CC1. The van der Waals surface area contributed by atoms with Crippen LogP contribution >= 0.6 is 0 Å². The molecule has 0 spiro atoms. The van der Waals surface area contributed by atoms with E-state index >= 15 is 0 Å². The van der Waals surface area contributed by atoms with Crippen LogP contribution in [0.2, 0.25) is 0 Å². The number of esters is 1. The highest BCUT2D eigenvalue weighted by atomic mass is 16.6. The van der Waals surface area contributed by atoms with Crippen LogP contribution in [0.4, 0.5) is 5.69 Å². The number of carbonyl (C=O) groups is 4. The molecule has 1 aliphatic carbocycles. The van der Waals surface area contributed by atoms with Crippen LogP contribution in [0, 0.1) is 11.8 Å². The molecule has 178 valence electrons. The summed E-state index contributed by atoms with van der Waals surface area (Å²) in [5.74, 6) is -0.528. The average Bonchev–Trinajstić information content (AvgIpc) is 3.08. The molecule has 1 aromatic rings. The first-order valence-electron chi connectivity index (χ1n) is 11.9. The van der Waals surface area contributed by atoms with Crippen molar-refractivity contribution < 1.29 is 23.9 Å². The second-order valence-electron chi connectivity index (χ2n) is 10.4. The maximum absolute atomic E-state index is 13.0. The van der Waals surface area contributed by atoms with Gasteiger partial charge < -0.3 is 15.0 Å². The number of hydrogen-bond acceptors (Lipinski definition) is 6. The first kappa shape index (κ1) is 23.3. The number of carbonyl (C=O) groups excluding carboxylic acids is 4. The van der Waals surface area contributed by atoms with E-state index in [1.54, 1.807) is 11.0 Å². The molecule has 2 N–H and O–H groups in total. The Morgan fingerprint density at radius 3 is 2.52 bits per heavy atom. The van der Waals surface area contributed by atoms with E-state index in [2.05, 4.69) is 10.6 Å². The third-order valence-electron chi connectivity index (χ3n) is 6.75. The van der Waals surface area contributed by atoms with Crippen molar-refractivity contribution in [1.29, 1.82) is 0 Å². The van der Waals surface area contributed by atoms with Gasteiger partial charge in [0.1, 0.15) is 11.6 Å². The van der Waals surface area contributed by atoms with E-state index in [0.29, 0.717) is 24.4 Å². The van der Waals surface area contributed by atoms with Crippen LogP contribution in [0.3, 0.4) is 0 Å². The van der Waals surface area contributed by atoms with Crippen LogP contribution in [0.15, 0.2) is 18.2 Å². The summed E-state index contributed by atoms with van der Waals surface area (Å²) >= 11 is 0. The maximum Gasteiger partial charge on any atom is 0.309 e. The number of fused-ring (bicyclic) bond motifs is 1. The van der Waals surface area contributed by atoms with Gasteiger partial charge in [0, 0.05) is 36.3 Å². The summed E-state index contributed by atoms with van der Waals surface area (Å²) in [6.45, 7) is 6.81. The van der Waals surface area contributed by atoms with E-state index < -0.39 is 17.6 Å². The molecule has 1 unspecified atom stereocenters. The van der Waals surface area contributed by atoms with E-state index in [1.807, 2.05) is 32.9 Å². The van der Waals surface area contributed by atoms with Gasteiger partial charge in [0.15, 0.2) is 0 Å². The van der Waals surface area contributed by atoms with Crippen LogP contribution in [0.5, 0.6) is 0 Å². The fourth-order valence-electron chi connectivity index (χ4n) is 4.99. The number of ether oxygens (including phenoxy) is 1. The number of imide groups is 1. The summed E-state index contributed by atoms with van der Waals surface area (Å²) in [7, 11) is 0. The Balaban J connectivity index is 1.34. The smallest absolute Gasteiger partial charge is 0.309 e. The average molecular weight is 456 g/mol. The number of hydrogen-bond donors (Lipinski definition) is 2. The Hall–Kier alpha value is -2.90. The Bertz CT molecular complexity index is 959. The van der Waals surface area contributed by atoms with Gasteiger partial charge in [-0.15, -0.1) is 0 Å². The molecule has 3 amide bonds. The van der Waals surface area contributed by atoms with Gasteiger partial charge in [0.05, 0.1) is 5.92 Å². The number of amides is 3. The van der Waals surface area contributed by atoms with Gasteiger partial charge in [0.25, 0.3) is 5.91 Å². The van der Waals surface area contributed by atoms with Gasteiger partial charge in [-0.25, -0.2) is 0 Å². The Labute approximate surface area is 194 Å². The zero-order valence-electron chi connectivity index (χ0n) is 19.6. The summed E-state index contributed by atoms with van der Waals surface area (Å²) < 4.78 is 5.54. The molecule has 8 nitrogen and oxygen atoms in total. The van der Waals surface area contributed by atoms with E-state index in [-0.39, 0.29) is 30.1 Å². The second-order valence-corrected chi connectivity index (χ2v) is 10.4. The molecule has 1 saturated carbocycles. The number of nitrogens with one attached hydrogen (secondary N) is 2. The molecule has 33 heavy (non-hydrogen) atoms. The molecule has 0 bridgehead atoms. The lowest BCUT2D eigenvalue weighted by molar-refractivity contribution is -0.161. The Kier molecular flexibility index (Phi) is 6.45. The number of rotatable bonds is 5. The summed E-state index contributed by atoms with van der Waals surface area (Å²) in [4.78, 5) is 50.6. The largest absolute Gasteiger partial charge is 0.460 e. The standard InChI is InChI=1S/C25H33N3O5/c1-25(2,3)33-24(32)16-9-7-15(8-10-16)13-26-19-6-4-5-17-18(19)14-28(23(17)31)20-11-12-21(29)27-22(20)30/h4-6,15-16,20,26H,7-14H2,1-3H3,(H,27,29,30). The lowest BCUT2D eigenvalue weighted by atomic mass is 9.82. The van der Waals surface area contributed by atoms with Gasteiger partial charge in [-0.2, -0.15) is 0 Å². The van der Waals surface area contributed by atoms with Gasteiger partial charge in [-0.05, 0) is 70.9 Å². The predicted molar refractivity (Wildman–Crippen MR) is 122 cm³/mol. The minimum Gasteiger partial charge on any atom is -0.460 e. The quantitative estimate of drug-likeness (QED) is 0.522. The summed E-state index contributed by atoms with van der Waals surface area (Å²) in [6, 6.07) is 5.00. The fourth-order valence-corrected chi connectivity index (χ4v) is 4.99. The topological polar surface area (TPSA) is 105 Å². The maximum atomic E-state index is 13.0. The molecule has 3 aliphatic rings. The normalized spacial score (nSPS) is 25.5. The van der Waals surface area contributed by atoms with Crippen LogP contribution in [0.25, 0.3) is 0 Å². The van der Waals surface area contributed by atoms with E-state index in [1.165, 1.54) is 0 Å². The summed E-state index contributed by atoms with van der Waals surface area (Å²) in [5, 5.41) is 5.85. The van der Waals surface area contributed by atoms with Crippen molar-refractivity contribution in [2.75, 3.05) is 11.9 Å². The molecule has 0 aromatic heterocycles. The monoisotopic (exact) mass is 455 g/mol. The van der Waals surface area contributed by atoms with Crippen molar-refractivity contribution in [1.82, 2.24) is 10.2 Å². The predicted octanol–water partition coefficient (Wildman–Crippen LogP) is 3.01. The highest BCUT2D eigenvalue weighted by Gasteiger charge is 2.40. The molecular formula is C25H33N3O5. The first-order chi connectivity index (χ1) is 15.6. The van der Waals surface area contributed by atoms with Crippen LogP contribution in [-0.4, -0.2) is 46.8 Å². The Morgan fingerprint density at radius 1 is 1.12 bits per heavy atom. The van der Waals surface area contributed by atoms with Crippen LogP contribution in [-0.2, 0) is 25.7 Å². The molecule has 4 rings (SSSR count). The molecule has 2 aliphatic heterocycles. The van der Waals surface area contributed by atoms with E-state index in [4.69, 9.17) is 4.74 Å². The Morgan fingerprint density at radius 2 is 1.85 bits per heavy atom. The molecule has 0 radical (unpaired) electrons. The van der Waals surface area contributed by atoms with Gasteiger partial charge in [-0.1, -0.05) is 6.07 Å². The number of benzene rings is 1. The number of nitrogens with zero attached hydrogens (tertiary/aromatic N) is 1. The van der Waals surface area contributed by atoms with Gasteiger partial charge >= 0.3 is 5.97 Å². The van der Waals surface area contributed by atoms with Gasteiger partial charge in [-0.3, -0.25) is 24.5 Å². The minimum absolute atomic E-state index is 0.0267. The van der Waals surface area contributed by atoms with Crippen molar-refractivity contribution >= 4 is 29.4 Å². The van der Waals surface area contributed by atoms with Crippen molar-refractivity contribution in [3.05, 3.63) is 29.3 Å². The molecule has 8 heteroatoms. The lowest BCUT2D eigenvalue weighted by Crippen LogP contribution is -2.52. The molecule has 1 saturated heterocycles. The number of anilines is 1. The fraction of sp³-hybridized carbons (Fsp3) is 0.600. The molecule has 2 fully saturated rings. The highest BCUT2D eigenvalue weighted by Crippen LogP contribution is 2.34.